The fourth-order valence-corrected chi connectivity index (χ4v) is 1.68. The molecule has 0 amide bonds. The first-order valence-electron chi connectivity index (χ1n) is 5.65. The Hall–Kier alpha value is -1.43. The molecule has 84 valence electrons. The molecule has 0 radical (unpaired) electrons. The van der Waals surface area contributed by atoms with Crippen LogP contribution in [-0.4, -0.2) is 9.97 Å². The second-order valence-corrected chi connectivity index (χ2v) is 5.66. The van der Waals surface area contributed by atoms with Gasteiger partial charge < -0.3 is 0 Å². The van der Waals surface area contributed by atoms with E-state index in [2.05, 4.69) is 36.8 Å². The predicted octanol–water partition coefficient (Wildman–Crippen LogP) is 2.64. The molecule has 1 fully saturated rings. The van der Waals surface area contributed by atoms with Gasteiger partial charge in [0, 0.05) is 16.8 Å². The summed E-state index contributed by atoms with van der Waals surface area (Å²) in [6.07, 6.45) is 1.80. The molecule has 0 aliphatic heterocycles. The summed E-state index contributed by atoms with van der Waals surface area (Å²) in [6.45, 7) is 8.35. The van der Waals surface area contributed by atoms with Gasteiger partial charge >= 0.3 is 0 Å². The first-order valence-corrected chi connectivity index (χ1v) is 5.65. The van der Waals surface area contributed by atoms with E-state index in [0.717, 1.165) is 30.1 Å². The zero-order valence-electron chi connectivity index (χ0n) is 10.3. The van der Waals surface area contributed by atoms with E-state index < -0.39 is 0 Å². The van der Waals surface area contributed by atoms with Gasteiger partial charge in [-0.2, -0.15) is 5.26 Å². The van der Waals surface area contributed by atoms with Crippen LogP contribution in [0.4, 0.5) is 0 Å². The van der Waals surface area contributed by atoms with Crippen molar-refractivity contribution in [2.24, 2.45) is 0 Å². The van der Waals surface area contributed by atoms with Gasteiger partial charge in [0.2, 0.25) is 0 Å². The van der Waals surface area contributed by atoms with Crippen LogP contribution in [0.1, 0.15) is 50.8 Å². The van der Waals surface area contributed by atoms with E-state index in [4.69, 9.17) is 5.26 Å². The molecule has 1 aliphatic carbocycles. The monoisotopic (exact) mass is 215 g/mol. The second kappa shape index (κ2) is 3.28. The number of aromatic nitrogens is 2. The highest BCUT2D eigenvalue weighted by Gasteiger charge is 2.48. The minimum Gasteiger partial charge on any atom is -0.236 e. The highest BCUT2D eigenvalue weighted by Crippen LogP contribution is 2.46. The fourth-order valence-electron chi connectivity index (χ4n) is 1.68. The highest BCUT2D eigenvalue weighted by molar-refractivity contribution is 5.32. The predicted molar refractivity (Wildman–Crippen MR) is 62.0 cm³/mol. The molecule has 1 aliphatic rings. The quantitative estimate of drug-likeness (QED) is 0.723. The Kier molecular flexibility index (Phi) is 2.27. The minimum absolute atomic E-state index is 0.00792. The summed E-state index contributed by atoms with van der Waals surface area (Å²) in [5.41, 5.74) is 1.60. The van der Waals surface area contributed by atoms with Gasteiger partial charge in [-0.1, -0.05) is 20.8 Å². The smallest absolute Gasteiger partial charge is 0.149 e. The molecule has 3 heteroatoms. The molecule has 3 nitrogen and oxygen atoms in total. The maximum atomic E-state index is 9.16. The van der Waals surface area contributed by atoms with Crippen LogP contribution in [0.5, 0.6) is 0 Å². The third-order valence-corrected chi connectivity index (χ3v) is 3.01. The molecule has 0 unspecified atom stereocenters. The molecule has 1 aromatic heterocycles. The normalized spacial score (nSPS) is 17.9. The van der Waals surface area contributed by atoms with Crippen molar-refractivity contribution in [3.05, 3.63) is 23.3 Å². The lowest BCUT2D eigenvalue weighted by atomic mass is 9.91. The third kappa shape index (κ3) is 1.80. The van der Waals surface area contributed by atoms with Gasteiger partial charge in [0.05, 0.1) is 6.07 Å². The minimum atomic E-state index is -0.383. The second-order valence-electron chi connectivity index (χ2n) is 5.66. The lowest BCUT2D eigenvalue weighted by molar-refractivity contribution is 0.557. The fraction of sp³-hybridized carbons (Fsp3) is 0.615. The standard InChI is InChI=1S/C13H17N3/c1-9-7-10(12(2,3)4)16-11(15-9)13(8-14)5-6-13/h7H,5-6H2,1-4H3. The molecular weight excluding hydrogens is 198 g/mol. The maximum absolute atomic E-state index is 9.16. The molecule has 0 atom stereocenters. The Bertz CT molecular complexity index is 459. The van der Waals surface area contributed by atoms with Crippen LogP contribution in [0.2, 0.25) is 0 Å². The molecular formula is C13H17N3. The van der Waals surface area contributed by atoms with Crippen LogP contribution in [0.3, 0.4) is 0 Å². The number of rotatable bonds is 1. The number of hydrogen-bond acceptors (Lipinski definition) is 3. The van der Waals surface area contributed by atoms with Crippen molar-refractivity contribution in [2.75, 3.05) is 0 Å². The lowest BCUT2D eigenvalue weighted by Crippen LogP contribution is -2.19. The average Bonchev–Trinajstić information content (AvgIpc) is 2.96. The van der Waals surface area contributed by atoms with Crippen molar-refractivity contribution in [3.8, 4) is 6.07 Å². The zero-order chi connectivity index (χ0) is 12.0. The number of hydrogen-bond donors (Lipinski definition) is 0. The molecule has 1 saturated carbocycles. The van der Waals surface area contributed by atoms with E-state index in [-0.39, 0.29) is 10.8 Å². The molecule has 1 heterocycles. The molecule has 0 bridgehead atoms. The third-order valence-electron chi connectivity index (χ3n) is 3.01. The van der Waals surface area contributed by atoms with E-state index in [0.29, 0.717) is 0 Å². The molecule has 0 N–H and O–H groups in total. The van der Waals surface area contributed by atoms with Crippen LogP contribution in [0, 0.1) is 18.3 Å². The average molecular weight is 215 g/mol. The number of aryl methyl sites for hydroxylation is 1. The van der Waals surface area contributed by atoms with Crippen molar-refractivity contribution in [3.63, 3.8) is 0 Å². The summed E-state index contributed by atoms with van der Waals surface area (Å²) >= 11 is 0. The Morgan fingerprint density at radius 3 is 2.38 bits per heavy atom. The lowest BCUT2D eigenvalue weighted by Gasteiger charge is -2.19. The highest BCUT2D eigenvalue weighted by atomic mass is 14.9. The molecule has 0 aromatic carbocycles. The Morgan fingerprint density at radius 2 is 1.94 bits per heavy atom. The first kappa shape index (κ1) is 11.1. The van der Waals surface area contributed by atoms with Crippen LogP contribution in [0.25, 0.3) is 0 Å². The summed E-state index contributed by atoms with van der Waals surface area (Å²) in [5.74, 6) is 0.722. The number of nitrogens with zero attached hydrogens (tertiary/aromatic N) is 3. The van der Waals surface area contributed by atoms with Gasteiger partial charge in [-0.3, -0.25) is 0 Å². The van der Waals surface area contributed by atoms with Crippen LogP contribution in [-0.2, 0) is 10.8 Å². The Balaban J connectivity index is 2.50. The van der Waals surface area contributed by atoms with Crippen molar-refractivity contribution in [1.82, 2.24) is 9.97 Å². The Labute approximate surface area is 96.5 Å². The summed E-state index contributed by atoms with van der Waals surface area (Å²) in [5, 5.41) is 9.16. The molecule has 0 saturated heterocycles. The van der Waals surface area contributed by atoms with Gasteiger partial charge in [-0.15, -0.1) is 0 Å². The first-order chi connectivity index (χ1) is 7.37. The molecule has 1 aromatic rings. The van der Waals surface area contributed by atoms with Crippen molar-refractivity contribution in [2.45, 2.75) is 51.4 Å². The van der Waals surface area contributed by atoms with Gasteiger partial charge in [-0.25, -0.2) is 9.97 Å². The van der Waals surface area contributed by atoms with E-state index in [1.54, 1.807) is 0 Å². The van der Waals surface area contributed by atoms with Crippen LogP contribution in [0.15, 0.2) is 6.07 Å². The van der Waals surface area contributed by atoms with Gasteiger partial charge in [-0.05, 0) is 25.8 Å². The SMILES string of the molecule is Cc1cc(C(C)(C)C)nc(C2(C#N)CC2)n1. The molecule has 16 heavy (non-hydrogen) atoms. The van der Waals surface area contributed by atoms with E-state index in [9.17, 15) is 0 Å². The summed E-state index contributed by atoms with van der Waals surface area (Å²) in [6, 6.07) is 4.36. The van der Waals surface area contributed by atoms with Crippen molar-refractivity contribution >= 4 is 0 Å². The van der Waals surface area contributed by atoms with Crippen molar-refractivity contribution < 1.29 is 0 Å². The van der Waals surface area contributed by atoms with Crippen LogP contribution >= 0.6 is 0 Å². The van der Waals surface area contributed by atoms with E-state index in [1.807, 2.05) is 13.0 Å². The van der Waals surface area contributed by atoms with Crippen molar-refractivity contribution in [1.29, 1.82) is 5.26 Å². The molecule has 2 rings (SSSR count). The van der Waals surface area contributed by atoms with Gasteiger partial charge in [0.25, 0.3) is 0 Å². The summed E-state index contributed by atoms with van der Waals surface area (Å²) in [7, 11) is 0. The van der Waals surface area contributed by atoms with E-state index in [1.165, 1.54) is 0 Å². The zero-order valence-corrected chi connectivity index (χ0v) is 10.3. The Morgan fingerprint density at radius 1 is 1.31 bits per heavy atom. The maximum Gasteiger partial charge on any atom is 0.149 e. The number of nitriles is 1. The largest absolute Gasteiger partial charge is 0.236 e. The molecule has 0 spiro atoms. The van der Waals surface area contributed by atoms with E-state index >= 15 is 0 Å². The van der Waals surface area contributed by atoms with Gasteiger partial charge in [0.15, 0.2) is 0 Å². The summed E-state index contributed by atoms with van der Waals surface area (Å²) in [4.78, 5) is 9.00. The van der Waals surface area contributed by atoms with Crippen LogP contribution < -0.4 is 0 Å². The topological polar surface area (TPSA) is 49.6 Å². The summed E-state index contributed by atoms with van der Waals surface area (Å²) < 4.78 is 0. The van der Waals surface area contributed by atoms with Gasteiger partial charge in [0.1, 0.15) is 11.2 Å².